The Kier molecular flexibility index (Phi) is 9.91. The molecule has 2 aliphatic carbocycles. The van der Waals surface area contributed by atoms with Crippen molar-refractivity contribution in [1.29, 1.82) is 0 Å². The maximum absolute atomic E-state index is 13.4. The number of anilines is 2. The molecule has 0 atom stereocenters. The largest absolute Gasteiger partial charge is 0.490 e. The fraction of sp³-hybridized carbons (Fsp3) is 0.548. The first-order valence-electron chi connectivity index (χ1n) is 14.5. The third kappa shape index (κ3) is 7.21. The molecule has 2 aromatic carbocycles. The lowest BCUT2D eigenvalue weighted by atomic mass is 9.80. The zero-order valence-electron chi connectivity index (χ0n) is 23.1. The molecule has 0 unspecified atom stereocenters. The van der Waals surface area contributed by atoms with E-state index in [1.54, 1.807) is 0 Å². The van der Waals surface area contributed by atoms with Crippen LogP contribution in [0.5, 0.6) is 5.75 Å². The molecule has 3 N–H and O–H groups in total. The zero-order chi connectivity index (χ0) is 26.8. The van der Waals surface area contributed by atoms with Gasteiger partial charge in [-0.05, 0) is 101 Å². The monoisotopic (exact) mass is 520 g/mol. The third-order valence-electron chi connectivity index (χ3n) is 7.95. The number of amides is 2. The third-order valence-corrected chi connectivity index (χ3v) is 7.95. The van der Waals surface area contributed by atoms with E-state index in [1.165, 1.54) is 12.8 Å². The van der Waals surface area contributed by atoms with Gasteiger partial charge >= 0.3 is 0 Å². The lowest BCUT2D eigenvalue weighted by Gasteiger charge is -2.36. The highest BCUT2D eigenvalue weighted by atomic mass is 16.5. The first-order valence-corrected chi connectivity index (χ1v) is 14.5. The normalized spacial score (nSPS) is 17.0. The average Bonchev–Trinajstić information content (AvgIpc) is 3.46. The van der Waals surface area contributed by atoms with Crippen LogP contribution in [0.2, 0.25) is 0 Å². The van der Waals surface area contributed by atoms with Gasteiger partial charge in [-0.2, -0.15) is 0 Å². The number of carbonyl (C=O) groups excluding carboxylic acids is 2. The molecule has 7 heteroatoms. The van der Waals surface area contributed by atoms with E-state index < -0.39 is 5.54 Å². The topological polar surface area (TPSA) is 82.7 Å². The smallest absolute Gasteiger partial charge is 0.252 e. The number of carbonyl (C=O) groups is 2. The van der Waals surface area contributed by atoms with Gasteiger partial charge in [0.1, 0.15) is 11.3 Å². The van der Waals surface area contributed by atoms with E-state index in [1.807, 2.05) is 48.5 Å². The molecule has 4 rings (SSSR count). The predicted octanol–water partition coefficient (Wildman–Crippen LogP) is 5.52. The molecule has 38 heavy (non-hydrogen) atoms. The van der Waals surface area contributed by atoms with Crippen molar-refractivity contribution in [2.45, 2.75) is 83.3 Å². The molecular weight excluding hydrogens is 476 g/mol. The standard InChI is InChI=1S/C31H44N4O3/c1-3-35(4-2)26-16-12-24(13-17-26)29(36)34-31(20-8-5-9-21-31)30(37)33-23-22-32-25-14-18-28(19-15-25)38-27-10-6-7-11-27/h12-19,27,32H,3-11,20-23H2,1-2H3,(H,33,37)(H,34,36). The van der Waals surface area contributed by atoms with Crippen molar-refractivity contribution in [1.82, 2.24) is 10.6 Å². The van der Waals surface area contributed by atoms with Gasteiger partial charge in [-0.1, -0.05) is 19.3 Å². The van der Waals surface area contributed by atoms with Gasteiger partial charge in [0.15, 0.2) is 0 Å². The molecule has 0 heterocycles. The van der Waals surface area contributed by atoms with Crippen LogP contribution in [-0.4, -0.2) is 49.6 Å². The molecule has 0 spiro atoms. The molecule has 2 aromatic rings. The number of ether oxygens (including phenoxy) is 1. The van der Waals surface area contributed by atoms with Crippen LogP contribution < -0.4 is 25.6 Å². The van der Waals surface area contributed by atoms with E-state index in [9.17, 15) is 9.59 Å². The molecule has 2 amide bonds. The summed E-state index contributed by atoms with van der Waals surface area (Å²) in [6.07, 6.45) is 9.43. The Hall–Kier alpha value is -3.22. The molecule has 0 bridgehead atoms. The quantitative estimate of drug-likeness (QED) is 0.321. The number of hydrogen-bond donors (Lipinski definition) is 3. The van der Waals surface area contributed by atoms with Crippen molar-refractivity contribution in [3.63, 3.8) is 0 Å². The van der Waals surface area contributed by atoms with Crippen LogP contribution in [0.25, 0.3) is 0 Å². The maximum atomic E-state index is 13.4. The second-order valence-corrected chi connectivity index (χ2v) is 10.5. The predicted molar refractivity (Wildman–Crippen MR) is 154 cm³/mol. The van der Waals surface area contributed by atoms with Crippen LogP contribution in [0.15, 0.2) is 48.5 Å². The Morgan fingerprint density at radius 1 is 0.868 bits per heavy atom. The van der Waals surface area contributed by atoms with Crippen molar-refractivity contribution in [3.8, 4) is 5.75 Å². The summed E-state index contributed by atoms with van der Waals surface area (Å²) in [6.45, 7) is 7.16. The summed E-state index contributed by atoms with van der Waals surface area (Å²) in [6, 6.07) is 15.7. The van der Waals surface area contributed by atoms with Crippen LogP contribution in [-0.2, 0) is 4.79 Å². The second-order valence-electron chi connectivity index (χ2n) is 10.5. The van der Waals surface area contributed by atoms with E-state index in [0.29, 0.717) is 37.6 Å². The fourth-order valence-electron chi connectivity index (χ4n) is 5.67. The zero-order valence-corrected chi connectivity index (χ0v) is 23.1. The van der Waals surface area contributed by atoms with Gasteiger partial charge in [-0.25, -0.2) is 0 Å². The molecule has 7 nitrogen and oxygen atoms in total. The molecule has 0 aromatic heterocycles. The number of benzene rings is 2. The van der Waals surface area contributed by atoms with E-state index >= 15 is 0 Å². The fourth-order valence-corrected chi connectivity index (χ4v) is 5.67. The number of hydrogen-bond acceptors (Lipinski definition) is 5. The molecule has 2 saturated carbocycles. The first-order chi connectivity index (χ1) is 18.5. The lowest BCUT2D eigenvalue weighted by molar-refractivity contribution is -0.128. The molecule has 0 radical (unpaired) electrons. The molecule has 206 valence electrons. The molecule has 2 aliphatic rings. The van der Waals surface area contributed by atoms with Crippen molar-refractivity contribution in [3.05, 3.63) is 54.1 Å². The Balaban J connectivity index is 1.28. The van der Waals surface area contributed by atoms with Gasteiger partial charge in [0.2, 0.25) is 5.91 Å². The highest BCUT2D eigenvalue weighted by molar-refractivity contribution is 5.99. The summed E-state index contributed by atoms with van der Waals surface area (Å²) in [5, 5.41) is 9.56. The Morgan fingerprint density at radius 2 is 1.53 bits per heavy atom. The van der Waals surface area contributed by atoms with E-state index in [4.69, 9.17) is 4.74 Å². The maximum Gasteiger partial charge on any atom is 0.252 e. The first kappa shape index (κ1) is 27.8. The van der Waals surface area contributed by atoms with Crippen LogP contribution in [0.3, 0.4) is 0 Å². The molecule has 2 fully saturated rings. The van der Waals surface area contributed by atoms with E-state index in [-0.39, 0.29) is 11.8 Å². The number of nitrogens with zero attached hydrogens (tertiary/aromatic N) is 1. The van der Waals surface area contributed by atoms with Gasteiger partial charge in [0.05, 0.1) is 6.10 Å². The van der Waals surface area contributed by atoms with E-state index in [2.05, 4.69) is 34.7 Å². The minimum atomic E-state index is -0.855. The Bertz CT molecular complexity index is 1020. The summed E-state index contributed by atoms with van der Waals surface area (Å²) in [7, 11) is 0. The van der Waals surface area contributed by atoms with Gasteiger partial charge in [-0.15, -0.1) is 0 Å². The lowest BCUT2D eigenvalue weighted by Crippen LogP contribution is -2.60. The summed E-state index contributed by atoms with van der Waals surface area (Å²) in [5.74, 6) is 0.632. The molecule has 0 saturated heterocycles. The number of rotatable bonds is 12. The summed E-state index contributed by atoms with van der Waals surface area (Å²) < 4.78 is 6.03. The van der Waals surface area contributed by atoms with Gasteiger partial charge < -0.3 is 25.6 Å². The highest BCUT2D eigenvalue weighted by Crippen LogP contribution is 2.29. The van der Waals surface area contributed by atoms with Gasteiger partial charge in [0, 0.05) is 43.1 Å². The van der Waals surface area contributed by atoms with Gasteiger partial charge in [0.25, 0.3) is 5.91 Å². The molecular formula is C31H44N4O3. The van der Waals surface area contributed by atoms with Crippen LogP contribution in [0.4, 0.5) is 11.4 Å². The minimum absolute atomic E-state index is 0.0903. The van der Waals surface area contributed by atoms with Crippen LogP contribution >= 0.6 is 0 Å². The average molecular weight is 521 g/mol. The van der Waals surface area contributed by atoms with Crippen molar-refractivity contribution < 1.29 is 14.3 Å². The summed E-state index contributed by atoms with van der Waals surface area (Å²) in [4.78, 5) is 28.8. The van der Waals surface area contributed by atoms with Crippen LogP contribution in [0.1, 0.15) is 82.0 Å². The minimum Gasteiger partial charge on any atom is -0.490 e. The second kappa shape index (κ2) is 13.5. The highest BCUT2D eigenvalue weighted by Gasteiger charge is 2.40. The Labute approximate surface area is 227 Å². The van der Waals surface area contributed by atoms with E-state index in [0.717, 1.165) is 62.3 Å². The number of nitrogens with one attached hydrogen (secondary N) is 3. The van der Waals surface area contributed by atoms with Crippen molar-refractivity contribution in [2.24, 2.45) is 0 Å². The van der Waals surface area contributed by atoms with Gasteiger partial charge in [-0.3, -0.25) is 9.59 Å². The summed E-state index contributed by atoms with van der Waals surface area (Å²) in [5.41, 5.74) is 1.82. The summed E-state index contributed by atoms with van der Waals surface area (Å²) >= 11 is 0. The Morgan fingerprint density at radius 3 is 2.16 bits per heavy atom. The van der Waals surface area contributed by atoms with Crippen molar-refractivity contribution >= 4 is 23.2 Å². The molecule has 0 aliphatic heterocycles. The van der Waals surface area contributed by atoms with Crippen LogP contribution in [0, 0.1) is 0 Å². The van der Waals surface area contributed by atoms with Crippen molar-refractivity contribution in [2.75, 3.05) is 36.4 Å². The SMILES string of the molecule is CCN(CC)c1ccc(C(=O)NC2(C(=O)NCCNc3ccc(OC4CCCC4)cc3)CCCCC2)cc1.